The number of nitrogens with two attached hydrogens (primary N) is 1. The number of nitrogen functional groups attached to an aromatic ring is 1. The lowest BCUT2D eigenvalue weighted by Crippen LogP contribution is -2.06. The first-order chi connectivity index (χ1) is 8.66. The molecule has 0 saturated carbocycles. The summed E-state index contributed by atoms with van der Waals surface area (Å²) < 4.78 is 12.0. The molecule has 0 saturated heterocycles. The molecule has 2 N–H and O–H groups in total. The van der Waals surface area contributed by atoms with Crippen LogP contribution in [0.5, 0.6) is 11.5 Å². The van der Waals surface area contributed by atoms with E-state index < -0.39 is 0 Å². The molecule has 3 rings (SSSR count). The van der Waals surface area contributed by atoms with Crippen molar-refractivity contribution >= 4 is 11.6 Å². The third kappa shape index (κ3) is 1.50. The summed E-state index contributed by atoms with van der Waals surface area (Å²) in [4.78, 5) is 16.2. The van der Waals surface area contributed by atoms with Crippen LogP contribution in [0, 0.1) is 0 Å². The van der Waals surface area contributed by atoms with Crippen LogP contribution in [0.15, 0.2) is 24.5 Å². The summed E-state index contributed by atoms with van der Waals surface area (Å²) in [5.41, 5.74) is 6.50. The molecule has 0 fully saturated rings. The average Bonchev–Trinajstić information content (AvgIpc) is 2.96. The monoisotopic (exact) mass is 245 g/mol. The number of nitrogens with zero attached hydrogens (tertiary/aromatic N) is 2. The van der Waals surface area contributed by atoms with Gasteiger partial charge in [-0.25, -0.2) is 4.98 Å². The van der Waals surface area contributed by atoms with Crippen molar-refractivity contribution in [2.24, 2.45) is 7.05 Å². The standard InChI is InChI=1S/C12H11N3O3/c1-15-5-14-10(12(15)13)11(16)7-2-3-8-9(4-7)18-6-17-8/h2-5H,6,13H2,1H3. The third-order valence-corrected chi connectivity index (χ3v) is 2.83. The van der Waals surface area contributed by atoms with Gasteiger partial charge in [0.05, 0.1) is 6.33 Å². The van der Waals surface area contributed by atoms with E-state index in [2.05, 4.69) is 4.98 Å². The molecule has 0 spiro atoms. The number of aryl methyl sites for hydroxylation is 1. The fourth-order valence-electron chi connectivity index (χ4n) is 1.79. The number of benzene rings is 1. The fraction of sp³-hybridized carbons (Fsp3) is 0.167. The number of aromatic nitrogens is 2. The minimum Gasteiger partial charge on any atom is -0.454 e. The minimum absolute atomic E-state index is 0.179. The summed E-state index contributed by atoms with van der Waals surface area (Å²) in [6.45, 7) is 0.179. The molecule has 0 atom stereocenters. The third-order valence-electron chi connectivity index (χ3n) is 2.83. The largest absolute Gasteiger partial charge is 0.454 e. The molecule has 0 radical (unpaired) electrons. The van der Waals surface area contributed by atoms with Gasteiger partial charge in [-0.15, -0.1) is 0 Å². The molecule has 0 amide bonds. The Labute approximate surface area is 103 Å². The van der Waals surface area contributed by atoms with Gasteiger partial charge in [0.2, 0.25) is 12.6 Å². The number of carbonyl (C=O) groups excluding carboxylic acids is 1. The van der Waals surface area contributed by atoms with Crippen molar-refractivity contribution in [1.29, 1.82) is 0 Å². The van der Waals surface area contributed by atoms with Crippen LogP contribution >= 0.6 is 0 Å². The SMILES string of the molecule is Cn1cnc(C(=O)c2ccc3c(c2)OCO3)c1N. The zero-order chi connectivity index (χ0) is 12.7. The van der Waals surface area contributed by atoms with E-state index in [1.165, 1.54) is 6.33 Å². The Balaban J connectivity index is 2.00. The molecule has 0 bridgehead atoms. The summed E-state index contributed by atoms with van der Waals surface area (Å²) >= 11 is 0. The highest BCUT2D eigenvalue weighted by Gasteiger charge is 2.20. The van der Waals surface area contributed by atoms with Crippen LogP contribution < -0.4 is 15.2 Å². The number of anilines is 1. The van der Waals surface area contributed by atoms with Crippen LogP contribution in [0.3, 0.4) is 0 Å². The average molecular weight is 245 g/mol. The maximum atomic E-state index is 12.2. The number of imidazole rings is 1. The van der Waals surface area contributed by atoms with Gasteiger partial charge >= 0.3 is 0 Å². The number of ether oxygens (including phenoxy) is 2. The maximum absolute atomic E-state index is 12.2. The zero-order valence-corrected chi connectivity index (χ0v) is 9.71. The number of hydrogen-bond donors (Lipinski definition) is 1. The second-order valence-corrected chi connectivity index (χ2v) is 3.99. The highest BCUT2D eigenvalue weighted by atomic mass is 16.7. The van der Waals surface area contributed by atoms with Gasteiger partial charge in [-0.3, -0.25) is 4.79 Å². The van der Waals surface area contributed by atoms with E-state index in [0.29, 0.717) is 22.9 Å². The summed E-state index contributed by atoms with van der Waals surface area (Å²) in [6, 6.07) is 5.01. The Morgan fingerprint density at radius 3 is 2.89 bits per heavy atom. The van der Waals surface area contributed by atoms with Gasteiger partial charge in [-0.2, -0.15) is 0 Å². The molecule has 0 unspecified atom stereocenters. The van der Waals surface area contributed by atoms with Gasteiger partial charge in [0.25, 0.3) is 0 Å². The first kappa shape index (κ1) is 10.6. The van der Waals surface area contributed by atoms with E-state index in [4.69, 9.17) is 15.2 Å². The normalized spacial score (nSPS) is 12.7. The molecule has 18 heavy (non-hydrogen) atoms. The zero-order valence-electron chi connectivity index (χ0n) is 9.71. The summed E-state index contributed by atoms with van der Waals surface area (Å²) in [7, 11) is 1.73. The van der Waals surface area contributed by atoms with E-state index in [9.17, 15) is 4.79 Å². The Morgan fingerprint density at radius 2 is 2.17 bits per heavy atom. The van der Waals surface area contributed by atoms with Crippen molar-refractivity contribution in [2.75, 3.05) is 12.5 Å². The fourth-order valence-corrected chi connectivity index (χ4v) is 1.79. The minimum atomic E-state index is -0.230. The molecule has 1 aromatic heterocycles. The van der Waals surface area contributed by atoms with Gasteiger partial charge < -0.3 is 19.8 Å². The summed E-state index contributed by atoms with van der Waals surface area (Å²) in [6.07, 6.45) is 1.51. The molecular formula is C12H11N3O3. The van der Waals surface area contributed by atoms with Crippen LogP contribution in [0.25, 0.3) is 0 Å². The molecule has 6 nitrogen and oxygen atoms in total. The molecule has 2 heterocycles. The Bertz CT molecular complexity index is 633. The van der Waals surface area contributed by atoms with E-state index in [0.717, 1.165) is 0 Å². The van der Waals surface area contributed by atoms with Crippen molar-refractivity contribution in [3.05, 3.63) is 35.8 Å². The van der Waals surface area contributed by atoms with Crippen molar-refractivity contribution < 1.29 is 14.3 Å². The Kier molecular flexibility index (Phi) is 2.22. The molecule has 6 heteroatoms. The highest BCUT2D eigenvalue weighted by molar-refractivity contribution is 6.10. The second-order valence-electron chi connectivity index (χ2n) is 3.99. The maximum Gasteiger partial charge on any atom is 0.231 e. The second kappa shape index (κ2) is 3.76. The van der Waals surface area contributed by atoms with Crippen molar-refractivity contribution in [3.63, 3.8) is 0 Å². The van der Waals surface area contributed by atoms with Gasteiger partial charge in [-0.05, 0) is 18.2 Å². The number of carbonyl (C=O) groups is 1. The van der Waals surface area contributed by atoms with E-state index in [-0.39, 0.29) is 18.3 Å². The van der Waals surface area contributed by atoms with Crippen molar-refractivity contribution in [3.8, 4) is 11.5 Å². The number of ketones is 1. The molecular weight excluding hydrogens is 234 g/mol. The molecule has 2 aromatic rings. The van der Waals surface area contributed by atoms with E-state index in [1.807, 2.05) is 0 Å². The quantitative estimate of drug-likeness (QED) is 0.797. The van der Waals surface area contributed by atoms with Gasteiger partial charge in [0, 0.05) is 12.6 Å². The Morgan fingerprint density at radius 1 is 1.39 bits per heavy atom. The van der Waals surface area contributed by atoms with Crippen LogP contribution in [0.1, 0.15) is 16.1 Å². The Hall–Kier alpha value is -2.50. The van der Waals surface area contributed by atoms with Gasteiger partial charge in [0.1, 0.15) is 5.82 Å². The van der Waals surface area contributed by atoms with Gasteiger partial charge in [0.15, 0.2) is 17.2 Å². The lowest BCUT2D eigenvalue weighted by Gasteiger charge is -2.02. The molecule has 1 aromatic carbocycles. The summed E-state index contributed by atoms with van der Waals surface area (Å²) in [5, 5.41) is 0. The number of fused-ring (bicyclic) bond motifs is 1. The van der Waals surface area contributed by atoms with Crippen LogP contribution in [-0.2, 0) is 7.05 Å². The number of rotatable bonds is 2. The van der Waals surface area contributed by atoms with Crippen molar-refractivity contribution in [2.45, 2.75) is 0 Å². The summed E-state index contributed by atoms with van der Waals surface area (Å²) in [5.74, 6) is 1.32. The number of hydrogen-bond acceptors (Lipinski definition) is 5. The van der Waals surface area contributed by atoms with Crippen molar-refractivity contribution in [1.82, 2.24) is 9.55 Å². The first-order valence-corrected chi connectivity index (χ1v) is 5.38. The first-order valence-electron chi connectivity index (χ1n) is 5.38. The van der Waals surface area contributed by atoms with Crippen LogP contribution in [0.2, 0.25) is 0 Å². The topological polar surface area (TPSA) is 79.4 Å². The van der Waals surface area contributed by atoms with Crippen LogP contribution in [-0.4, -0.2) is 22.1 Å². The molecule has 92 valence electrons. The van der Waals surface area contributed by atoms with Crippen LogP contribution in [0.4, 0.5) is 5.82 Å². The smallest absolute Gasteiger partial charge is 0.231 e. The van der Waals surface area contributed by atoms with Gasteiger partial charge in [-0.1, -0.05) is 0 Å². The van der Waals surface area contributed by atoms with E-state index >= 15 is 0 Å². The highest BCUT2D eigenvalue weighted by Crippen LogP contribution is 2.33. The molecule has 0 aliphatic carbocycles. The molecule has 1 aliphatic rings. The molecule has 1 aliphatic heterocycles. The predicted octanol–water partition coefficient (Wildman–Crippen LogP) is 0.962. The predicted molar refractivity (Wildman–Crippen MR) is 63.6 cm³/mol. The lowest BCUT2D eigenvalue weighted by molar-refractivity contribution is 0.103. The van der Waals surface area contributed by atoms with E-state index in [1.54, 1.807) is 29.8 Å². The lowest BCUT2D eigenvalue weighted by atomic mass is 10.1.